The summed E-state index contributed by atoms with van der Waals surface area (Å²) in [6.07, 6.45) is 31.8. The van der Waals surface area contributed by atoms with E-state index in [1.54, 1.807) is 20.8 Å². The quantitative estimate of drug-likeness (QED) is 0.284. The van der Waals surface area contributed by atoms with Gasteiger partial charge in [-0.15, -0.1) is 38.5 Å². The van der Waals surface area contributed by atoms with Crippen molar-refractivity contribution in [3.8, 4) is 38.5 Å². The Balaban J connectivity index is 0.000000832. The van der Waals surface area contributed by atoms with Gasteiger partial charge in [0.05, 0.1) is 23.9 Å². The fraction of sp³-hybridized carbons (Fsp3) is 0.816. The molecule has 5 aliphatic carbocycles. The fourth-order valence-corrected chi connectivity index (χ4v) is 12.3. The summed E-state index contributed by atoms with van der Waals surface area (Å²) in [6, 6.07) is -0.0390. The zero-order chi connectivity index (χ0) is 33.6. The first-order valence-corrected chi connectivity index (χ1v) is 16.7. The molecule has 1 aliphatic heterocycles. The molecule has 6 heteroatoms. The maximum Gasteiger partial charge on any atom is 0.305 e. The van der Waals surface area contributed by atoms with Gasteiger partial charge in [-0.05, 0) is 116 Å². The molecule has 2 spiro atoms. The molecule has 0 aromatic carbocycles. The molecule has 0 aromatic rings. The van der Waals surface area contributed by atoms with Crippen LogP contribution in [0.3, 0.4) is 0 Å². The lowest BCUT2D eigenvalue weighted by Gasteiger charge is -2.59. The SMILES string of the molecule is C#C.C#C.C#C.CCC(=O)O[C@@H]([C@H]1CCC2C(O1)C(N)C1[C@@H]3CCC4C(C)(C)[C@@H](O)CCC45[C@@H](C)[C@@]35CC[C@]21C)C(C)(C)O. The van der Waals surface area contributed by atoms with Gasteiger partial charge in [-0.2, -0.15) is 0 Å². The third-order valence-electron chi connectivity index (χ3n) is 14.0. The van der Waals surface area contributed by atoms with Gasteiger partial charge in [0.1, 0.15) is 0 Å². The summed E-state index contributed by atoms with van der Waals surface area (Å²) in [5.74, 6) is 2.45. The topological polar surface area (TPSA) is 102 Å². The second kappa shape index (κ2) is 12.6. The molecule has 0 aromatic heterocycles. The van der Waals surface area contributed by atoms with Crippen LogP contribution in [0, 0.1) is 89.8 Å². The number of rotatable bonds is 4. The van der Waals surface area contributed by atoms with Crippen molar-refractivity contribution < 1.29 is 24.5 Å². The number of fused-ring (bicyclic) bond motifs is 4. The van der Waals surface area contributed by atoms with Gasteiger partial charge in [-0.3, -0.25) is 4.79 Å². The zero-order valence-corrected chi connectivity index (χ0v) is 28.3. The Bertz CT molecular complexity index is 1090. The number of terminal acetylenes is 3. The third-order valence-corrected chi connectivity index (χ3v) is 14.0. The highest BCUT2D eigenvalue weighted by atomic mass is 16.6. The van der Waals surface area contributed by atoms with Crippen LogP contribution in [0.2, 0.25) is 0 Å². The zero-order valence-electron chi connectivity index (χ0n) is 28.3. The minimum absolute atomic E-state index is 0.0219. The number of aliphatic hydroxyl groups is 2. The van der Waals surface area contributed by atoms with Crippen molar-refractivity contribution in [2.75, 3.05) is 0 Å². The Kier molecular flexibility index (Phi) is 10.5. The minimum Gasteiger partial charge on any atom is -0.457 e. The highest BCUT2D eigenvalue weighted by Crippen LogP contribution is 2.89. The van der Waals surface area contributed by atoms with Crippen LogP contribution in [0.1, 0.15) is 106 Å². The molecular weight excluding hydrogens is 550 g/mol. The van der Waals surface area contributed by atoms with Gasteiger partial charge in [-0.25, -0.2) is 0 Å². The number of nitrogens with two attached hydrogens (primary N) is 1. The van der Waals surface area contributed by atoms with Crippen molar-refractivity contribution in [1.29, 1.82) is 0 Å². The molecule has 1 saturated heterocycles. The van der Waals surface area contributed by atoms with Gasteiger partial charge in [-0.1, -0.05) is 34.6 Å². The molecule has 0 bridgehead atoms. The molecule has 6 rings (SSSR count). The molecule has 6 unspecified atom stereocenters. The normalized spacial score (nSPS) is 46.3. The Morgan fingerprint density at radius 3 is 2.11 bits per heavy atom. The number of carbonyl (C=O) groups excluding carboxylic acids is 1. The average molecular weight is 610 g/mol. The van der Waals surface area contributed by atoms with E-state index in [4.69, 9.17) is 15.2 Å². The van der Waals surface area contributed by atoms with Crippen LogP contribution < -0.4 is 5.73 Å². The van der Waals surface area contributed by atoms with E-state index in [2.05, 4.69) is 66.2 Å². The lowest BCUT2D eigenvalue weighted by atomic mass is 9.46. The number of hydrogen-bond donors (Lipinski definition) is 3. The molecule has 4 N–H and O–H groups in total. The van der Waals surface area contributed by atoms with E-state index in [1.165, 1.54) is 32.1 Å². The molecular formula is C38H59NO5. The second-order valence-electron chi connectivity index (χ2n) is 15.8. The van der Waals surface area contributed by atoms with Gasteiger partial charge >= 0.3 is 5.97 Å². The van der Waals surface area contributed by atoms with Gasteiger partial charge in [0.2, 0.25) is 0 Å². The number of esters is 1. The summed E-state index contributed by atoms with van der Waals surface area (Å²) in [5.41, 5.74) is 6.94. The van der Waals surface area contributed by atoms with Crippen molar-refractivity contribution in [2.45, 2.75) is 142 Å². The van der Waals surface area contributed by atoms with Crippen molar-refractivity contribution >= 4 is 5.97 Å². The molecule has 6 aliphatic rings. The van der Waals surface area contributed by atoms with Crippen molar-refractivity contribution in [3.05, 3.63) is 0 Å². The van der Waals surface area contributed by atoms with E-state index in [0.29, 0.717) is 40.4 Å². The monoisotopic (exact) mass is 609 g/mol. The van der Waals surface area contributed by atoms with Gasteiger partial charge < -0.3 is 25.4 Å². The lowest BCUT2D eigenvalue weighted by molar-refractivity contribution is -0.202. The first kappa shape index (κ1) is 36.5. The molecule has 0 radical (unpaired) electrons. The van der Waals surface area contributed by atoms with Crippen LogP contribution in [0.25, 0.3) is 0 Å². The van der Waals surface area contributed by atoms with Crippen LogP contribution in [0.4, 0.5) is 0 Å². The number of carbonyl (C=O) groups is 1. The minimum atomic E-state index is -1.18. The van der Waals surface area contributed by atoms with E-state index in [1.807, 2.05) is 0 Å². The van der Waals surface area contributed by atoms with E-state index in [9.17, 15) is 15.0 Å². The Hall–Kier alpha value is -2.01. The van der Waals surface area contributed by atoms with E-state index >= 15 is 0 Å². The van der Waals surface area contributed by atoms with Crippen molar-refractivity contribution in [2.24, 2.45) is 57.0 Å². The maximum atomic E-state index is 12.2. The molecule has 0 amide bonds. The lowest BCUT2D eigenvalue weighted by Crippen LogP contribution is -2.56. The molecule has 5 saturated carbocycles. The molecule has 6 fully saturated rings. The summed E-state index contributed by atoms with van der Waals surface area (Å²) >= 11 is 0. The number of ether oxygens (including phenoxy) is 2. The predicted molar refractivity (Wildman–Crippen MR) is 176 cm³/mol. The first-order valence-electron chi connectivity index (χ1n) is 16.7. The van der Waals surface area contributed by atoms with Crippen molar-refractivity contribution in [3.63, 3.8) is 0 Å². The summed E-state index contributed by atoms with van der Waals surface area (Å²) in [4.78, 5) is 12.2. The Morgan fingerprint density at radius 2 is 1.55 bits per heavy atom. The second-order valence-corrected chi connectivity index (χ2v) is 15.8. The van der Waals surface area contributed by atoms with Gasteiger partial charge in [0.15, 0.2) is 6.10 Å². The largest absolute Gasteiger partial charge is 0.457 e. The molecule has 1 heterocycles. The highest BCUT2D eigenvalue weighted by Gasteiger charge is 2.85. The van der Waals surface area contributed by atoms with E-state index < -0.39 is 11.7 Å². The summed E-state index contributed by atoms with van der Waals surface area (Å²) in [6.45, 7) is 14.9. The summed E-state index contributed by atoms with van der Waals surface area (Å²) in [7, 11) is 0. The smallest absolute Gasteiger partial charge is 0.305 e. The van der Waals surface area contributed by atoms with Crippen LogP contribution in [-0.4, -0.2) is 52.2 Å². The number of hydrogen-bond acceptors (Lipinski definition) is 6. The predicted octanol–water partition coefficient (Wildman–Crippen LogP) is 5.58. The van der Waals surface area contributed by atoms with Crippen molar-refractivity contribution in [1.82, 2.24) is 0 Å². The summed E-state index contributed by atoms with van der Waals surface area (Å²) < 4.78 is 12.6. The molecule has 6 nitrogen and oxygen atoms in total. The van der Waals surface area contributed by atoms with Crippen LogP contribution in [0.15, 0.2) is 0 Å². The van der Waals surface area contributed by atoms with Crippen LogP contribution in [0.5, 0.6) is 0 Å². The van der Waals surface area contributed by atoms with Gasteiger partial charge in [0, 0.05) is 12.5 Å². The summed E-state index contributed by atoms with van der Waals surface area (Å²) in [5, 5.41) is 21.9. The molecule has 246 valence electrons. The highest BCUT2D eigenvalue weighted by molar-refractivity contribution is 5.69. The number of aliphatic hydroxyl groups excluding tert-OH is 1. The maximum absolute atomic E-state index is 12.2. The fourth-order valence-electron chi connectivity index (χ4n) is 12.3. The first-order chi connectivity index (χ1) is 20.7. The Labute approximate surface area is 268 Å². The third kappa shape index (κ3) is 4.85. The van der Waals surface area contributed by atoms with Crippen LogP contribution >= 0.6 is 0 Å². The van der Waals surface area contributed by atoms with E-state index in [0.717, 1.165) is 19.3 Å². The average Bonchev–Trinajstić information content (AvgIpc) is 3.46. The Morgan fingerprint density at radius 1 is 0.955 bits per heavy atom. The van der Waals surface area contributed by atoms with E-state index in [-0.39, 0.29) is 47.6 Å². The molecule has 13 atom stereocenters. The standard InChI is InChI=1S/C32H53NO5.3C2H2/c1-8-23(35)38-27(29(5,6)36)20-11-9-19-26(37-20)25(33)24-18-10-12-21-28(3,4)22(34)13-14-32(21)17(2)31(18,32)16-15-30(19,24)7;3*1-2/h17-22,24-27,34,36H,8-16,33H2,1-7H3;3*1-2H/t17-,18-,19?,20+,21?,22-,24?,25?,26?,27-,30+,31-,32?;;;/m0.../s1. The molecule has 44 heavy (non-hydrogen) atoms. The van der Waals surface area contributed by atoms with Gasteiger partial charge in [0.25, 0.3) is 0 Å². The van der Waals surface area contributed by atoms with Crippen LogP contribution in [-0.2, 0) is 14.3 Å².